The molecular formula is C59H55N3O20. The Morgan fingerprint density at radius 1 is 0.366 bits per heavy atom. The summed E-state index contributed by atoms with van der Waals surface area (Å²) in [6.45, 7) is 8.30. The Morgan fingerprint density at radius 2 is 0.671 bits per heavy atom. The Labute approximate surface area is 470 Å². The smallest absolute Gasteiger partial charge is 0.303 e. The van der Waals surface area contributed by atoms with E-state index in [1.165, 1.54) is 13.8 Å². The van der Waals surface area contributed by atoms with Crippen molar-refractivity contribution in [2.75, 3.05) is 13.2 Å². The van der Waals surface area contributed by atoms with Crippen LogP contribution in [0, 0.1) is 23.7 Å². The van der Waals surface area contributed by atoms with E-state index in [0.29, 0.717) is 45.3 Å². The fourth-order valence-electron chi connectivity index (χ4n) is 8.36. The van der Waals surface area contributed by atoms with Crippen LogP contribution in [0.15, 0.2) is 103 Å². The minimum Gasteiger partial charge on any atom is -0.463 e. The summed E-state index contributed by atoms with van der Waals surface area (Å²) in [6, 6.07) is 29.1. The van der Waals surface area contributed by atoms with Gasteiger partial charge in [-0.25, -0.2) is 15.0 Å². The van der Waals surface area contributed by atoms with Gasteiger partial charge in [-0.3, -0.25) is 38.4 Å². The lowest BCUT2D eigenvalue weighted by atomic mass is 9.98. The van der Waals surface area contributed by atoms with Crippen LogP contribution in [-0.2, 0) is 85.7 Å². The van der Waals surface area contributed by atoms with E-state index in [0.717, 1.165) is 41.5 Å². The van der Waals surface area contributed by atoms with Crippen LogP contribution in [0.3, 0.4) is 0 Å². The van der Waals surface area contributed by atoms with Gasteiger partial charge in [0, 0.05) is 66.5 Å². The first-order chi connectivity index (χ1) is 39.2. The number of rotatable bonds is 16. The summed E-state index contributed by atoms with van der Waals surface area (Å²) in [5.41, 5.74) is 4.22. The molecular weight excluding hydrogens is 1070 g/mol. The molecule has 2 aromatic carbocycles. The van der Waals surface area contributed by atoms with E-state index in [1.807, 2.05) is 6.07 Å². The zero-order chi connectivity index (χ0) is 59.0. The predicted molar refractivity (Wildman–Crippen MR) is 281 cm³/mol. The van der Waals surface area contributed by atoms with Crippen LogP contribution < -0.4 is 9.47 Å². The van der Waals surface area contributed by atoms with E-state index in [-0.39, 0.29) is 11.5 Å². The molecule has 2 fully saturated rings. The van der Waals surface area contributed by atoms with Crippen LogP contribution in [0.1, 0.15) is 77.9 Å². The van der Waals surface area contributed by atoms with E-state index in [1.54, 1.807) is 97.1 Å². The van der Waals surface area contributed by atoms with Crippen LogP contribution in [0.5, 0.6) is 11.5 Å². The lowest BCUT2D eigenvalue weighted by Crippen LogP contribution is -2.63. The SMILES string of the molecule is CC(=O)OC[C@H]1O[C@@H](Oc2ccc(C#Cc3cccc(-c4cccc(-c5cccc(C#Cc6ccc(O[C@@H]7O[C@H](COC(C)=O)[C@H](OC(C)=O)[C@H](OC(C)=O)[C@H]7OC(C)=O)cc6)n5)n4)n3)cc2)[C@H](OC(C)=O)[C@@H](OC(C)=O)[C@H]1OC(C)=O. The summed E-state index contributed by atoms with van der Waals surface area (Å²) < 4.78 is 67.4. The van der Waals surface area contributed by atoms with Gasteiger partial charge in [0.1, 0.15) is 48.3 Å². The Morgan fingerprint density at radius 3 is 1.00 bits per heavy atom. The van der Waals surface area contributed by atoms with E-state index >= 15 is 0 Å². The molecule has 3 aromatic heterocycles. The largest absolute Gasteiger partial charge is 0.463 e. The Kier molecular flexibility index (Phi) is 20.4. The molecule has 0 N–H and O–H groups in total. The average Bonchev–Trinajstić information content (AvgIpc) is 3.49. The molecule has 426 valence electrons. The number of nitrogens with zero attached hydrogens (tertiary/aromatic N) is 3. The number of hydrogen-bond acceptors (Lipinski definition) is 23. The zero-order valence-corrected chi connectivity index (χ0v) is 45.5. The molecule has 0 radical (unpaired) electrons. The molecule has 0 spiro atoms. The third-order valence-electron chi connectivity index (χ3n) is 11.6. The molecule has 0 unspecified atom stereocenters. The second-order valence-corrected chi connectivity index (χ2v) is 18.1. The van der Waals surface area contributed by atoms with Gasteiger partial charge in [0.15, 0.2) is 24.4 Å². The van der Waals surface area contributed by atoms with Crippen LogP contribution in [0.4, 0.5) is 0 Å². The maximum Gasteiger partial charge on any atom is 0.303 e. The van der Waals surface area contributed by atoms with Crippen molar-refractivity contribution in [1.82, 2.24) is 15.0 Å². The highest BCUT2D eigenvalue weighted by molar-refractivity contribution is 5.70. The third-order valence-corrected chi connectivity index (χ3v) is 11.6. The van der Waals surface area contributed by atoms with Gasteiger partial charge in [-0.15, -0.1) is 0 Å². The molecule has 10 atom stereocenters. The summed E-state index contributed by atoms with van der Waals surface area (Å²) in [6.07, 6.45) is -13.5. The molecule has 82 heavy (non-hydrogen) atoms. The summed E-state index contributed by atoms with van der Waals surface area (Å²) >= 11 is 0. The second-order valence-electron chi connectivity index (χ2n) is 18.1. The van der Waals surface area contributed by atoms with Crippen LogP contribution in [-0.4, -0.2) is 137 Å². The van der Waals surface area contributed by atoms with Crippen molar-refractivity contribution in [3.63, 3.8) is 0 Å². The number of pyridine rings is 3. The average molecular weight is 1130 g/mol. The highest BCUT2D eigenvalue weighted by Crippen LogP contribution is 2.33. The number of aromatic nitrogens is 3. The lowest BCUT2D eigenvalue weighted by Gasteiger charge is -2.43. The molecule has 0 saturated carbocycles. The first kappa shape index (κ1) is 59.9. The van der Waals surface area contributed by atoms with Crippen molar-refractivity contribution < 1.29 is 95.2 Å². The second kappa shape index (κ2) is 27.9. The van der Waals surface area contributed by atoms with E-state index in [9.17, 15) is 38.4 Å². The molecule has 0 amide bonds. The summed E-state index contributed by atoms with van der Waals surface area (Å²) in [5, 5.41) is 0. The molecule has 5 heterocycles. The number of carbonyl (C=O) groups is 8. The maximum atomic E-state index is 12.3. The van der Waals surface area contributed by atoms with E-state index < -0.39 is 122 Å². The molecule has 2 aliphatic heterocycles. The molecule has 23 nitrogen and oxygen atoms in total. The van der Waals surface area contributed by atoms with Gasteiger partial charge in [-0.05, 0) is 96.8 Å². The fourth-order valence-corrected chi connectivity index (χ4v) is 8.36. The topological polar surface area (TPSA) is 286 Å². The zero-order valence-electron chi connectivity index (χ0n) is 45.5. The van der Waals surface area contributed by atoms with Gasteiger partial charge in [0.05, 0.1) is 22.8 Å². The normalized spacial score (nSPS) is 21.6. The maximum absolute atomic E-state index is 12.3. The number of hydrogen-bond donors (Lipinski definition) is 0. The number of benzene rings is 2. The molecule has 0 aliphatic carbocycles. The van der Waals surface area contributed by atoms with Crippen molar-refractivity contribution in [2.45, 2.75) is 117 Å². The number of carbonyl (C=O) groups excluding carboxylic acids is 8. The Balaban J connectivity index is 1.02. The summed E-state index contributed by atoms with van der Waals surface area (Å²) in [7, 11) is 0. The third kappa shape index (κ3) is 17.1. The van der Waals surface area contributed by atoms with Crippen molar-refractivity contribution in [3.05, 3.63) is 126 Å². The van der Waals surface area contributed by atoms with Gasteiger partial charge in [-0.2, -0.15) is 0 Å². The first-order valence-corrected chi connectivity index (χ1v) is 25.3. The highest BCUT2D eigenvalue weighted by Gasteiger charge is 2.55. The minimum atomic E-state index is -1.42. The van der Waals surface area contributed by atoms with Crippen molar-refractivity contribution in [2.24, 2.45) is 0 Å². The van der Waals surface area contributed by atoms with E-state index in [2.05, 4.69) is 23.7 Å². The van der Waals surface area contributed by atoms with E-state index in [4.69, 9.17) is 71.8 Å². The van der Waals surface area contributed by atoms with Crippen LogP contribution >= 0.6 is 0 Å². The molecule has 2 saturated heterocycles. The quantitative estimate of drug-likeness (QED) is 0.0719. The summed E-state index contributed by atoms with van der Waals surface area (Å²) in [4.78, 5) is 111. The molecule has 5 aromatic rings. The van der Waals surface area contributed by atoms with Crippen molar-refractivity contribution in [3.8, 4) is 58.0 Å². The van der Waals surface area contributed by atoms with Gasteiger partial charge in [0.25, 0.3) is 0 Å². The fraction of sp³-hybridized carbons (Fsp3) is 0.339. The van der Waals surface area contributed by atoms with Crippen molar-refractivity contribution in [1.29, 1.82) is 0 Å². The highest BCUT2D eigenvalue weighted by atomic mass is 16.7. The lowest BCUT2D eigenvalue weighted by molar-refractivity contribution is -0.288. The Hall–Kier alpha value is -9.71. The Bertz CT molecular complexity index is 3090. The van der Waals surface area contributed by atoms with Gasteiger partial charge < -0.3 is 56.8 Å². The minimum absolute atomic E-state index is 0.236. The van der Waals surface area contributed by atoms with Gasteiger partial charge in [0.2, 0.25) is 24.8 Å². The van der Waals surface area contributed by atoms with Crippen LogP contribution in [0.2, 0.25) is 0 Å². The molecule has 23 heteroatoms. The number of esters is 8. The van der Waals surface area contributed by atoms with Gasteiger partial charge in [-0.1, -0.05) is 30.0 Å². The molecule has 2 aliphatic rings. The van der Waals surface area contributed by atoms with Gasteiger partial charge >= 0.3 is 47.8 Å². The first-order valence-electron chi connectivity index (χ1n) is 25.3. The monoisotopic (exact) mass is 1130 g/mol. The van der Waals surface area contributed by atoms with Crippen molar-refractivity contribution >= 4 is 47.8 Å². The number of ether oxygens (including phenoxy) is 12. The molecule has 7 rings (SSSR count). The predicted octanol–water partition coefficient (Wildman–Crippen LogP) is 4.93. The molecule has 0 bridgehead atoms. The standard InChI is InChI=1S/C59H55N3O20/c1-32(63)71-30-50-52(73-34(3)65)54(75-36(5)67)56(77-38(7)69)58(81-50)79-44-26-20-40(21-27-44)18-24-42-12-9-14-46(60-42)48-16-11-17-49(62-48)47-15-10-13-43(61-47)25-19-41-22-28-45(29-23-41)80-59-57(78-39(8)70)55(76-37(6)68)53(74-35(4)66)51(82-59)31-72-33(2)64/h9-17,20-23,26-29,50-59H,30-31H2,1-8H3/t50-,51-,52+,53+,54+,55+,56-,57-,58-,59-/m1/s1. The van der Waals surface area contributed by atoms with Crippen LogP contribution in [0.25, 0.3) is 22.8 Å². The summed E-state index contributed by atoms with van der Waals surface area (Å²) in [5.74, 6) is 6.84.